The van der Waals surface area contributed by atoms with E-state index in [9.17, 15) is 4.79 Å². The summed E-state index contributed by atoms with van der Waals surface area (Å²) < 4.78 is 8.24. The SMILES string of the molecule is Cn1ccc(NC(=O)c2ccc(COc3ccc(Br)cc3Cl)cc2)n1. The van der Waals surface area contributed by atoms with Crippen LogP contribution in [0.2, 0.25) is 5.02 Å². The van der Waals surface area contributed by atoms with Gasteiger partial charge in [0.15, 0.2) is 5.82 Å². The van der Waals surface area contributed by atoms with E-state index in [-0.39, 0.29) is 5.91 Å². The number of carbonyl (C=O) groups excluding carboxylic acids is 1. The number of anilines is 1. The van der Waals surface area contributed by atoms with Gasteiger partial charge in [-0.15, -0.1) is 0 Å². The molecule has 3 aromatic rings. The van der Waals surface area contributed by atoms with E-state index in [4.69, 9.17) is 16.3 Å². The lowest BCUT2D eigenvalue weighted by Crippen LogP contribution is -2.12. The van der Waals surface area contributed by atoms with Gasteiger partial charge in [0.05, 0.1) is 5.02 Å². The Balaban J connectivity index is 1.60. The van der Waals surface area contributed by atoms with Gasteiger partial charge in [-0.1, -0.05) is 39.7 Å². The molecule has 0 aliphatic carbocycles. The molecule has 0 saturated carbocycles. The molecule has 5 nitrogen and oxygen atoms in total. The average Bonchev–Trinajstić information content (AvgIpc) is 2.99. The lowest BCUT2D eigenvalue weighted by Gasteiger charge is -2.09. The van der Waals surface area contributed by atoms with Gasteiger partial charge in [0.2, 0.25) is 0 Å². The van der Waals surface area contributed by atoms with E-state index in [0.29, 0.717) is 28.8 Å². The first kappa shape index (κ1) is 17.5. The molecule has 1 amide bonds. The Morgan fingerprint density at radius 2 is 2.00 bits per heavy atom. The highest BCUT2D eigenvalue weighted by Crippen LogP contribution is 2.28. The minimum Gasteiger partial charge on any atom is -0.487 e. The van der Waals surface area contributed by atoms with Crippen molar-refractivity contribution < 1.29 is 9.53 Å². The van der Waals surface area contributed by atoms with Crippen LogP contribution in [0.1, 0.15) is 15.9 Å². The van der Waals surface area contributed by atoms with E-state index in [1.165, 1.54) is 0 Å². The normalized spacial score (nSPS) is 10.5. The summed E-state index contributed by atoms with van der Waals surface area (Å²) >= 11 is 9.48. The lowest BCUT2D eigenvalue weighted by molar-refractivity contribution is 0.102. The third kappa shape index (κ3) is 4.61. The van der Waals surface area contributed by atoms with Crippen LogP contribution in [0.5, 0.6) is 5.75 Å². The molecular weight excluding hydrogens is 406 g/mol. The summed E-state index contributed by atoms with van der Waals surface area (Å²) in [7, 11) is 1.79. The van der Waals surface area contributed by atoms with E-state index in [0.717, 1.165) is 10.0 Å². The standard InChI is InChI=1S/C18H15BrClN3O2/c1-23-9-8-17(22-23)21-18(24)13-4-2-12(3-5-13)11-25-16-7-6-14(19)10-15(16)20/h2-10H,11H2,1H3,(H,21,22,24). The average molecular weight is 421 g/mol. The van der Waals surface area contributed by atoms with Gasteiger partial charge >= 0.3 is 0 Å². The van der Waals surface area contributed by atoms with Crippen LogP contribution in [-0.4, -0.2) is 15.7 Å². The number of ether oxygens (including phenoxy) is 1. The lowest BCUT2D eigenvalue weighted by atomic mass is 10.1. The molecule has 1 aromatic heterocycles. The molecule has 3 rings (SSSR count). The summed E-state index contributed by atoms with van der Waals surface area (Å²) in [4.78, 5) is 12.2. The van der Waals surface area contributed by atoms with E-state index in [1.54, 1.807) is 48.3 Å². The van der Waals surface area contributed by atoms with Crippen LogP contribution in [0.15, 0.2) is 59.2 Å². The predicted octanol–water partition coefficient (Wildman–Crippen LogP) is 4.67. The van der Waals surface area contributed by atoms with Gasteiger partial charge in [-0.25, -0.2) is 0 Å². The second-order valence-corrected chi connectivity index (χ2v) is 6.71. The number of rotatable bonds is 5. The number of hydrogen-bond acceptors (Lipinski definition) is 3. The molecule has 0 spiro atoms. The third-order valence-corrected chi connectivity index (χ3v) is 4.25. The number of aryl methyl sites for hydroxylation is 1. The number of hydrogen-bond donors (Lipinski definition) is 1. The maximum Gasteiger partial charge on any atom is 0.256 e. The largest absolute Gasteiger partial charge is 0.487 e. The molecule has 128 valence electrons. The molecule has 1 N–H and O–H groups in total. The van der Waals surface area contributed by atoms with Crippen molar-refractivity contribution in [3.63, 3.8) is 0 Å². The first-order valence-electron chi connectivity index (χ1n) is 7.49. The van der Waals surface area contributed by atoms with Crippen LogP contribution in [0.4, 0.5) is 5.82 Å². The zero-order chi connectivity index (χ0) is 17.8. The van der Waals surface area contributed by atoms with Gasteiger partial charge in [0, 0.05) is 29.3 Å². The summed E-state index contributed by atoms with van der Waals surface area (Å²) in [6.07, 6.45) is 1.77. The molecule has 0 aliphatic heterocycles. The van der Waals surface area contributed by atoms with Gasteiger partial charge in [-0.3, -0.25) is 9.48 Å². The zero-order valence-corrected chi connectivity index (χ0v) is 15.7. The van der Waals surface area contributed by atoms with E-state index >= 15 is 0 Å². The summed E-state index contributed by atoms with van der Waals surface area (Å²) in [5, 5.41) is 7.41. The molecule has 0 unspecified atom stereocenters. The maximum absolute atomic E-state index is 12.2. The van der Waals surface area contributed by atoms with Crippen molar-refractivity contribution >= 4 is 39.3 Å². The Morgan fingerprint density at radius 3 is 2.64 bits per heavy atom. The fourth-order valence-electron chi connectivity index (χ4n) is 2.18. The number of nitrogens with one attached hydrogen (secondary N) is 1. The Labute approximate surface area is 158 Å². The van der Waals surface area contributed by atoms with E-state index < -0.39 is 0 Å². The Kier molecular flexibility index (Phi) is 5.40. The third-order valence-electron chi connectivity index (χ3n) is 3.46. The molecule has 7 heteroatoms. The predicted molar refractivity (Wildman–Crippen MR) is 101 cm³/mol. The van der Waals surface area contributed by atoms with Crippen LogP contribution in [0.25, 0.3) is 0 Å². The fourth-order valence-corrected chi connectivity index (χ4v) is 2.90. The molecule has 0 atom stereocenters. The van der Waals surface area contributed by atoms with Gasteiger partial charge in [-0.05, 0) is 35.9 Å². The van der Waals surface area contributed by atoms with Crippen molar-refractivity contribution in [1.29, 1.82) is 0 Å². The molecule has 0 fully saturated rings. The van der Waals surface area contributed by atoms with Crippen molar-refractivity contribution in [3.05, 3.63) is 75.4 Å². The fraction of sp³-hybridized carbons (Fsp3) is 0.111. The maximum atomic E-state index is 12.2. The van der Waals surface area contributed by atoms with Crippen molar-refractivity contribution in [2.45, 2.75) is 6.61 Å². The number of amides is 1. The van der Waals surface area contributed by atoms with E-state index in [2.05, 4.69) is 26.3 Å². The highest BCUT2D eigenvalue weighted by atomic mass is 79.9. The van der Waals surface area contributed by atoms with Crippen molar-refractivity contribution in [2.75, 3.05) is 5.32 Å². The van der Waals surface area contributed by atoms with Gasteiger partial charge in [0.1, 0.15) is 12.4 Å². The van der Waals surface area contributed by atoms with Crippen molar-refractivity contribution in [3.8, 4) is 5.75 Å². The molecular formula is C18H15BrClN3O2. The summed E-state index contributed by atoms with van der Waals surface area (Å²) in [5.41, 5.74) is 1.49. The second-order valence-electron chi connectivity index (χ2n) is 5.39. The topological polar surface area (TPSA) is 56.2 Å². The van der Waals surface area contributed by atoms with Crippen molar-refractivity contribution in [2.24, 2.45) is 7.05 Å². The van der Waals surface area contributed by atoms with Crippen LogP contribution < -0.4 is 10.1 Å². The molecule has 0 saturated heterocycles. The summed E-state index contributed by atoms with van der Waals surface area (Å²) in [6.45, 7) is 0.365. The van der Waals surface area contributed by atoms with Gasteiger partial charge in [-0.2, -0.15) is 5.10 Å². The van der Waals surface area contributed by atoms with Gasteiger partial charge in [0.25, 0.3) is 5.91 Å². The molecule has 0 bridgehead atoms. The quantitative estimate of drug-likeness (QED) is 0.653. The van der Waals surface area contributed by atoms with Crippen LogP contribution >= 0.6 is 27.5 Å². The summed E-state index contributed by atoms with van der Waals surface area (Å²) in [6, 6.07) is 14.4. The monoisotopic (exact) mass is 419 g/mol. The number of benzene rings is 2. The number of aromatic nitrogens is 2. The van der Waals surface area contributed by atoms with Gasteiger partial charge < -0.3 is 10.1 Å². The molecule has 2 aromatic carbocycles. The van der Waals surface area contributed by atoms with Crippen LogP contribution in [0.3, 0.4) is 0 Å². The molecule has 0 radical (unpaired) electrons. The Hall–Kier alpha value is -2.31. The Morgan fingerprint density at radius 1 is 1.24 bits per heavy atom. The Bertz CT molecular complexity index is 894. The second kappa shape index (κ2) is 7.72. The molecule has 25 heavy (non-hydrogen) atoms. The number of carbonyl (C=O) groups is 1. The summed E-state index contributed by atoms with van der Waals surface area (Å²) in [5.74, 6) is 0.925. The van der Waals surface area contributed by atoms with Crippen LogP contribution in [0, 0.1) is 0 Å². The zero-order valence-electron chi connectivity index (χ0n) is 13.4. The minimum atomic E-state index is -0.206. The number of nitrogens with zero attached hydrogens (tertiary/aromatic N) is 2. The highest BCUT2D eigenvalue weighted by Gasteiger charge is 2.08. The molecule has 1 heterocycles. The van der Waals surface area contributed by atoms with Crippen LogP contribution in [-0.2, 0) is 13.7 Å². The first-order chi connectivity index (χ1) is 12.0. The first-order valence-corrected chi connectivity index (χ1v) is 8.66. The van der Waals surface area contributed by atoms with Crippen molar-refractivity contribution in [1.82, 2.24) is 9.78 Å². The molecule has 0 aliphatic rings. The smallest absolute Gasteiger partial charge is 0.256 e. The minimum absolute atomic E-state index is 0.206. The number of halogens is 2. The van der Waals surface area contributed by atoms with E-state index in [1.807, 2.05) is 18.2 Å². The highest BCUT2D eigenvalue weighted by molar-refractivity contribution is 9.10.